The maximum atomic E-state index is 12.3. The zero-order valence-electron chi connectivity index (χ0n) is 17.7. The molecule has 7 heteroatoms. The molecular weight excluding hydrogens is 435 g/mol. The van der Waals surface area contributed by atoms with Gasteiger partial charge in [0.25, 0.3) is 0 Å². The summed E-state index contributed by atoms with van der Waals surface area (Å²) in [5.74, 6) is 0.815. The van der Waals surface area contributed by atoms with Crippen molar-refractivity contribution in [3.8, 4) is 0 Å². The third-order valence-corrected chi connectivity index (χ3v) is 8.90. The quantitative estimate of drug-likeness (QED) is 0.679. The fourth-order valence-electron chi connectivity index (χ4n) is 2.59. The Morgan fingerprint density at radius 1 is 1.27 bits per heavy atom. The van der Waals surface area contributed by atoms with Crippen LogP contribution in [0.5, 0.6) is 0 Å². The molecule has 0 aromatic carbocycles. The molecule has 0 radical (unpaired) electrons. The van der Waals surface area contributed by atoms with E-state index in [1.54, 1.807) is 11.1 Å². The number of likely N-dealkylation sites (tertiary alicyclic amines) is 1. The Morgan fingerprint density at radius 2 is 1.92 bits per heavy atom. The number of ether oxygens (including phenoxy) is 1. The topological polar surface area (TPSA) is 67.3 Å². The Bertz CT molecular complexity index is 582. The van der Waals surface area contributed by atoms with E-state index in [0.717, 1.165) is 28.9 Å². The van der Waals surface area contributed by atoms with Gasteiger partial charge in [0.1, 0.15) is 0 Å². The minimum absolute atomic E-state index is 0.186. The molecule has 26 heavy (non-hydrogen) atoms. The number of anilines is 1. The molecule has 0 saturated carbocycles. The second kappa shape index (κ2) is 9.76. The molecule has 2 heterocycles. The molecule has 1 aromatic heterocycles. The van der Waals surface area contributed by atoms with Gasteiger partial charge in [-0.05, 0) is 0 Å². The van der Waals surface area contributed by atoms with Crippen molar-refractivity contribution in [3.63, 3.8) is 0 Å². The van der Waals surface area contributed by atoms with Crippen molar-refractivity contribution in [2.45, 2.75) is 73.9 Å². The molecular formula is C19H36N4O2Sn. The summed E-state index contributed by atoms with van der Waals surface area (Å²) in [5.41, 5.74) is -0.461. The fraction of sp³-hybridized carbons (Fsp3) is 0.737. The molecule has 0 spiro atoms. The van der Waals surface area contributed by atoms with E-state index in [4.69, 9.17) is 9.72 Å². The van der Waals surface area contributed by atoms with Crippen LogP contribution in [0.2, 0.25) is 14.8 Å². The summed E-state index contributed by atoms with van der Waals surface area (Å²) in [4.78, 5) is 30.1. The normalized spacial score (nSPS) is 17.8. The van der Waals surface area contributed by atoms with Gasteiger partial charge in [0, 0.05) is 0 Å². The summed E-state index contributed by atoms with van der Waals surface area (Å²) in [5, 5.41) is 3.45. The van der Waals surface area contributed by atoms with Gasteiger partial charge in [-0.25, -0.2) is 0 Å². The number of amides is 1. The molecule has 1 amide bonds. The predicted octanol–water partition coefficient (Wildman–Crippen LogP) is 3.86. The van der Waals surface area contributed by atoms with Gasteiger partial charge in [0.05, 0.1) is 0 Å². The first-order valence-electron chi connectivity index (χ1n) is 9.61. The van der Waals surface area contributed by atoms with Crippen LogP contribution in [0.3, 0.4) is 0 Å². The summed E-state index contributed by atoms with van der Waals surface area (Å²) < 4.78 is 6.64. The number of nitrogens with one attached hydrogen (secondary N) is 1. The summed E-state index contributed by atoms with van der Waals surface area (Å²) in [6.45, 7) is 11.1. The Balaban J connectivity index is 0.00000163. The average molecular weight is 471 g/mol. The second-order valence-electron chi connectivity index (χ2n) is 8.45. The molecule has 6 nitrogen and oxygen atoms in total. The maximum absolute atomic E-state index is 12.3. The van der Waals surface area contributed by atoms with Gasteiger partial charge in [-0.1, -0.05) is 13.8 Å². The van der Waals surface area contributed by atoms with Gasteiger partial charge in [-0.15, -0.1) is 0 Å². The number of nitrogens with zero attached hydrogens (tertiary/aromatic N) is 3. The SMILES string of the molecule is CC.CC(C)(C)OC(=O)N1CCC[C@@H](Nc2cnc[c]([Sn]([CH3])([CH3])[CH3])n2)C1. The van der Waals surface area contributed by atoms with Crippen molar-refractivity contribution in [3.05, 3.63) is 12.4 Å². The van der Waals surface area contributed by atoms with Crippen LogP contribution in [0.25, 0.3) is 0 Å². The van der Waals surface area contributed by atoms with Gasteiger partial charge in [-0.3, -0.25) is 0 Å². The van der Waals surface area contributed by atoms with Crippen molar-refractivity contribution < 1.29 is 9.53 Å². The molecule has 1 atom stereocenters. The van der Waals surface area contributed by atoms with E-state index < -0.39 is 24.0 Å². The average Bonchev–Trinajstić information content (AvgIpc) is 2.55. The first-order chi connectivity index (χ1) is 12.0. The van der Waals surface area contributed by atoms with Crippen LogP contribution in [-0.4, -0.2) is 64.1 Å². The minimum atomic E-state index is -2.23. The fourth-order valence-corrected chi connectivity index (χ4v) is 5.21. The second-order valence-corrected chi connectivity index (χ2v) is 22.8. The first kappa shape index (κ1) is 23.0. The van der Waals surface area contributed by atoms with Gasteiger partial charge in [-0.2, -0.15) is 0 Å². The van der Waals surface area contributed by atoms with Crippen LogP contribution in [-0.2, 0) is 4.74 Å². The predicted molar refractivity (Wildman–Crippen MR) is 111 cm³/mol. The molecule has 1 N–H and O–H groups in total. The number of hydrogen-bond donors (Lipinski definition) is 1. The van der Waals surface area contributed by atoms with Crippen LogP contribution in [0, 0.1) is 0 Å². The Morgan fingerprint density at radius 3 is 2.50 bits per heavy atom. The Kier molecular flexibility index (Phi) is 8.63. The molecule has 1 aliphatic heterocycles. The number of carbonyl (C=O) groups is 1. The number of rotatable bonds is 3. The number of piperidine rings is 1. The third-order valence-electron chi connectivity index (χ3n) is 3.83. The van der Waals surface area contributed by atoms with Gasteiger partial charge in [0.15, 0.2) is 0 Å². The number of hydrogen-bond acceptors (Lipinski definition) is 5. The molecule has 0 unspecified atom stereocenters. The molecule has 1 fully saturated rings. The van der Waals surface area contributed by atoms with E-state index in [2.05, 4.69) is 25.1 Å². The zero-order chi connectivity index (χ0) is 20.0. The third kappa shape index (κ3) is 7.68. The first-order valence-corrected chi connectivity index (χ1v) is 19.6. The van der Waals surface area contributed by atoms with Crippen molar-refractivity contribution in [1.29, 1.82) is 0 Å². The summed E-state index contributed by atoms with van der Waals surface area (Å²) in [6, 6.07) is 0.186. The standard InChI is InChI=1S/C14H21N4O2.C2H6.3CH3.Sn/c1-14(2,3)20-13(19)18-8-4-5-11(10-18)17-12-9-15-6-7-16-12;1-2;;;;/h6,9,11H,4-5,8,10H2,1-3H3,(H,16,17);1-2H3;3*1H3;/t11-;;;;;/m1...../s1. The van der Waals surface area contributed by atoms with E-state index in [9.17, 15) is 4.79 Å². The molecule has 1 aliphatic rings. The van der Waals surface area contributed by atoms with Crippen LogP contribution >= 0.6 is 0 Å². The van der Waals surface area contributed by atoms with Crippen molar-refractivity contribution in [1.82, 2.24) is 14.9 Å². The van der Waals surface area contributed by atoms with E-state index in [1.165, 1.54) is 0 Å². The Labute approximate surface area is 163 Å². The van der Waals surface area contributed by atoms with Crippen molar-refractivity contribution in [2.75, 3.05) is 18.4 Å². The van der Waals surface area contributed by atoms with E-state index in [0.29, 0.717) is 6.54 Å². The van der Waals surface area contributed by atoms with Crippen molar-refractivity contribution >= 4 is 34.0 Å². The molecule has 2 rings (SSSR count). The number of carbonyl (C=O) groups excluding carboxylic acids is 1. The van der Waals surface area contributed by atoms with E-state index in [1.807, 2.05) is 40.8 Å². The molecule has 1 saturated heterocycles. The van der Waals surface area contributed by atoms with Gasteiger partial charge < -0.3 is 0 Å². The zero-order valence-corrected chi connectivity index (χ0v) is 20.6. The monoisotopic (exact) mass is 472 g/mol. The van der Waals surface area contributed by atoms with Crippen LogP contribution in [0.4, 0.5) is 10.6 Å². The summed E-state index contributed by atoms with van der Waals surface area (Å²) >= 11 is -2.23. The van der Waals surface area contributed by atoms with E-state index >= 15 is 0 Å². The van der Waals surface area contributed by atoms with Crippen LogP contribution in [0.1, 0.15) is 47.5 Å². The van der Waals surface area contributed by atoms with Crippen LogP contribution in [0.15, 0.2) is 12.4 Å². The molecule has 148 valence electrons. The molecule has 0 aliphatic carbocycles. The van der Waals surface area contributed by atoms with Crippen molar-refractivity contribution in [2.24, 2.45) is 0 Å². The molecule has 1 aromatic rings. The van der Waals surface area contributed by atoms with Gasteiger partial charge >= 0.3 is 149 Å². The van der Waals surface area contributed by atoms with Crippen LogP contribution < -0.4 is 9.03 Å². The summed E-state index contributed by atoms with van der Waals surface area (Å²) in [7, 11) is 0. The number of aromatic nitrogens is 2. The van der Waals surface area contributed by atoms with E-state index in [-0.39, 0.29) is 12.1 Å². The van der Waals surface area contributed by atoms with Gasteiger partial charge in [0.2, 0.25) is 0 Å². The summed E-state index contributed by atoms with van der Waals surface area (Å²) in [6.07, 6.45) is 5.41. The Hall–Kier alpha value is -1.05. The molecule has 0 bridgehead atoms.